The number of thiazole rings is 1. The van der Waals surface area contributed by atoms with Gasteiger partial charge in [0.15, 0.2) is 0 Å². The molecule has 1 aromatic heterocycles. The highest BCUT2D eigenvalue weighted by Gasteiger charge is 2.16. The molecule has 4 heteroatoms. The molecule has 2 aromatic carbocycles. The Morgan fingerprint density at radius 2 is 1.81 bits per heavy atom. The number of hydrogen-bond donors (Lipinski definition) is 1. The molecular formula is C17H14FNOS. The largest absolute Gasteiger partial charge is 0.381 e. The standard InChI is InChI=1S/C17H14FNOS/c1-11-4-2-3-5-14(11)15-10-21-17(19-15)16(20)12-6-8-13(18)9-7-12/h2-10,16,20H,1H3. The molecule has 2 nitrogen and oxygen atoms in total. The molecule has 0 saturated carbocycles. The Labute approximate surface area is 126 Å². The molecule has 0 aliphatic carbocycles. The molecule has 0 aliphatic rings. The van der Waals surface area contributed by atoms with Crippen molar-refractivity contribution in [1.82, 2.24) is 4.98 Å². The van der Waals surface area contributed by atoms with Gasteiger partial charge in [0.1, 0.15) is 16.9 Å². The van der Waals surface area contributed by atoms with Crippen molar-refractivity contribution in [3.63, 3.8) is 0 Å². The lowest BCUT2D eigenvalue weighted by molar-refractivity contribution is 0.220. The van der Waals surface area contributed by atoms with Gasteiger partial charge in [0, 0.05) is 10.9 Å². The molecule has 0 bridgehead atoms. The molecule has 0 spiro atoms. The molecule has 1 unspecified atom stereocenters. The van der Waals surface area contributed by atoms with Crippen LogP contribution < -0.4 is 0 Å². The van der Waals surface area contributed by atoms with E-state index < -0.39 is 6.10 Å². The van der Waals surface area contributed by atoms with Crippen molar-refractivity contribution in [1.29, 1.82) is 0 Å². The fourth-order valence-electron chi connectivity index (χ4n) is 2.18. The second kappa shape index (κ2) is 5.76. The van der Waals surface area contributed by atoms with Crippen molar-refractivity contribution in [2.75, 3.05) is 0 Å². The number of nitrogens with zero attached hydrogens (tertiary/aromatic N) is 1. The number of aryl methyl sites for hydroxylation is 1. The Hall–Kier alpha value is -2.04. The van der Waals surface area contributed by atoms with Crippen LogP contribution in [0.4, 0.5) is 4.39 Å². The number of aliphatic hydroxyl groups is 1. The van der Waals surface area contributed by atoms with Gasteiger partial charge in [-0.05, 0) is 30.2 Å². The maximum Gasteiger partial charge on any atom is 0.131 e. The SMILES string of the molecule is Cc1ccccc1-c1csc(C(O)c2ccc(F)cc2)n1. The predicted octanol–water partition coefficient (Wildman–Crippen LogP) is 4.34. The van der Waals surface area contributed by atoms with Gasteiger partial charge in [-0.3, -0.25) is 0 Å². The van der Waals surface area contributed by atoms with Crippen molar-refractivity contribution >= 4 is 11.3 Å². The van der Waals surface area contributed by atoms with Crippen LogP contribution in [0, 0.1) is 12.7 Å². The van der Waals surface area contributed by atoms with Crippen LogP contribution >= 0.6 is 11.3 Å². The highest BCUT2D eigenvalue weighted by molar-refractivity contribution is 7.10. The lowest BCUT2D eigenvalue weighted by Gasteiger charge is -2.07. The second-order valence-electron chi connectivity index (χ2n) is 4.84. The number of benzene rings is 2. The number of aliphatic hydroxyl groups excluding tert-OH is 1. The normalized spacial score (nSPS) is 12.3. The molecule has 3 rings (SSSR count). The molecule has 0 saturated heterocycles. The van der Waals surface area contributed by atoms with Crippen LogP contribution in [0.5, 0.6) is 0 Å². The lowest BCUT2D eigenvalue weighted by Crippen LogP contribution is -1.99. The van der Waals surface area contributed by atoms with Gasteiger partial charge in [-0.15, -0.1) is 11.3 Å². The summed E-state index contributed by atoms with van der Waals surface area (Å²) in [7, 11) is 0. The first-order valence-corrected chi connectivity index (χ1v) is 7.48. The minimum atomic E-state index is -0.826. The van der Waals surface area contributed by atoms with E-state index in [9.17, 15) is 9.50 Å². The zero-order valence-corrected chi connectivity index (χ0v) is 12.3. The van der Waals surface area contributed by atoms with E-state index in [4.69, 9.17) is 0 Å². The van der Waals surface area contributed by atoms with E-state index in [1.54, 1.807) is 12.1 Å². The Balaban J connectivity index is 1.91. The van der Waals surface area contributed by atoms with E-state index in [0.717, 1.165) is 16.8 Å². The maximum absolute atomic E-state index is 12.9. The predicted molar refractivity (Wildman–Crippen MR) is 82.7 cm³/mol. The van der Waals surface area contributed by atoms with Crippen LogP contribution in [-0.2, 0) is 0 Å². The molecular weight excluding hydrogens is 285 g/mol. The van der Waals surface area contributed by atoms with Crippen LogP contribution in [0.25, 0.3) is 11.3 Å². The summed E-state index contributed by atoms with van der Waals surface area (Å²) in [5.41, 5.74) is 3.70. The molecule has 1 heterocycles. The first kappa shape index (κ1) is 13.9. The molecule has 1 atom stereocenters. The van der Waals surface area contributed by atoms with E-state index in [-0.39, 0.29) is 5.82 Å². The molecule has 106 valence electrons. The molecule has 0 radical (unpaired) electrons. The summed E-state index contributed by atoms with van der Waals surface area (Å²) in [5.74, 6) is -0.314. The first-order valence-electron chi connectivity index (χ1n) is 6.60. The van der Waals surface area contributed by atoms with Crippen LogP contribution in [-0.4, -0.2) is 10.1 Å². The maximum atomic E-state index is 12.9. The lowest BCUT2D eigenvalue weighted by atomic mass is 10.1. The number of hydrogen-bond acceptors (Lipinski definition) is 3. The highest BCUT2D eigenvalue weighted by atomic mass is 32.1. The minimum Gasteiger partial charge on any atom is -0.381 e. The monoisotopic (exact) mass is 299 g/mol. The van der Waals surface area contributed by atoms with Crippen molar-refractivity contribution < 1.29 is 9.50 Å². The minimum absolute atomic E-state index is 0.314. The fourth-order valence-corrected chi connectivity index (χ4v) is 3.01. The van der Waals surface area contributed by atoms with Gasteiger partial charge in [-0.1, -0.05) is 36.4 Å². The zero-order chi connectivity index (χ0) is 14.8. The van der Waals surface area contributed by atoms with E-state index in [2.05, 4.69) is 4.98 Å². The van der Waals surface area contributed by atoms with Crippen molar-refractivity contribution in [2.24, 2.45) is 0 Å². The second-order valence-corrected chi connectivity index (χ2v) is 5.73. The molecule has 1 N–H and O–H groups in total. The van der Waals surface area contributed by atoms with Crippen LogP contribution in [0.15, 0.2) is 53.9 Å². The summed E-state index contributed by atoms with van der Waals surface area (Å²) in [6.45, 7) is 2.03. The topological polar surface area (TPSA) is 33.1 Å². The quantitative estimate of drug-likeness (QED) is 0.780. The Kier molecular flexibility index (Phi) is 3.82. The summed E-state index contributed by atoms with van der Waals surface area (Å²) < 4.78 is 12.9. The first-order chi connectivity index (χ1) is 10.1. The summed E-state index contributed by atoms with van der Waals surface area (Å²) in [5, 5.41) is 12.9. The molecule has 0 amide bonds. The average molecular weight is 299 g/mol. The summed E-state index contributed by atoms with van der Waals surface area (Å²) >= 11 is 1.41. The Morgan fingerprint density at radius 3 is 2.52 bits per heavy atom. The smallest absolute Gasteiger partial charge is 0.131 e. The zero-order valence-electron chi connectivity index (χ0n) is 11.5. The van der Waals surface area contributed by atoms with Gasteiger partial charge in [-0.2, -0.15) is 0 Å². The Morgan fingerprint density at radius 1 is 1.10 bits per heavy atom. The number of halogens is 1. The summed E-state index contributed by atoms with van der Waals surface area (Å²) in [6.07, 6.45) is -0.826. The van der Waals surface area contributed by atoms with Crippen molar-refractivity contribution in [3.8, 4) is 11.3 Å². The molecule has 3 aromatic rings. The van der Waals surface area contributed by atoms with Crippen LogP contribution in [0.2, 0.25) is 0 Å². The van der Waals surface area contributed by atoms with Crippen molar-refractivity contribution in [2.45, 2.75) is 13.0 Å². The van der Waals surface area contributed by atoms with E-state index >= 15 is 0 Å². The van der Waals surface area contributed by atoms with Gasteiger partial charge in [0.05, 0.1) is 5.69 Å². The third kappa shape index (κ3) is 2.86. The van der Waals surface area contributed by atoms with Gasteiger partial charge in [0.25, 0.3) is 0 Å². The molecule has 0 fully saturated rings. The van der Waals surface area contributed by atoms with Gasteiger partial charge < -0.3 is 5.11 Å². The van der Waals surface area contributed by atoms with E-state index in [1.807, 2.05) is 36.6 Å². The van der Waals surface area contributed by atoms with Gasteiger partial charge in [0.2, 0.25) is 0 Å². The van der Waals surface area contributed by atoms with Crippen LogP contribution in [0.3, 0.4) is 0 Å². The van der Waals surface area contributed by atoms with Gasteiger partial charge in [-0.25, -0.2) is 9.37 Å². The average Bonchev–Trinajstić information content (AvgIpc) is 2.97. The number of rotatable bonds is 3. The van der Waals surface area contributed by atoms with E-state index in [0.29, 0.717) is 10.6 Å². The third-order valence-electron chi connectivity index (χ3n) is 3.36. The third-order valence-corrected chi connectivity index (χ3v) is 4.26. The Bertz CT molecular complexity index is 751. The summed E-state index contributed by atoms with van der Waals surface area (Å²) in [4.78, 5) is 4.51. The number of aromatic nitrogens is 1. The van der Waals surface area contributed by atoms with E-state index in [1.165, 1.54) is 23.5 Å². The highest BCUT2D eigenvalue weighted by Crippen LogP contribution is 2.30. The summed E-state index contributed by atoms with van der Waals surface area (Å²) in [6, 6.07) is 13.8. The van der Waals surface area contributed by atoms with Crippen molar-refractivity contribution in [3.05, 3.63) is 75.9 Å². The fraction of sp³-hybridized carbons (Fsp3) is 0.118. The van der Waals surface area contributed by atoms with Gasteiger partial charge >= 0.3 is 0 Å². The molecule has 0 aliphatic heterocycles. The van der Waals surface area contributed by atoms with Crippen LogP contribution in [0.1, 0.15) is 22.2 Å². The molecule has 21 heavy (non-hydrogen) atoms.